The monoisotopic (exact) mass is 340 g/mol. The summed E-state index contributed by atoms with van der Waals surface area (Å²) >= 11 is 0. The molecule has 5 heteroatoms. The first-order chi connectivity index (χ1) is 12.1. The molecule has 0 heterocycles. The van der Waals surface area contributed by atoms with E-state index in [-0.39, 0.29) is 11.8 Å². The first kappa shape index (κ1) is 18.5. The molecule has 0 bridgehead atoms. The van der Waals surface area contributed by atoms with Gasteiger partial charge in [0.25, 0.3) is 5.91 Å². The lowest BCUT2D eigenvalue weighted by Gasteiger charge is -2.22. The maximum Gasteiger partial charge on any atom is 0.255 e. The smallest absolute Gasteiger partial charge is 0.255 e. The summed E-state index contributed by atoms with van der Waals surface area (Å²) in [4.78, 5) is 25.9. The number of methoxy groups -OCH3 is 1. The number of nitrogens with zero attached hydrogens (tertiary/aromatic N) is 1. The van der Waals surface area contributed by atoms with Gasteiger partial charge in [-0.1, -0.05) is 31.2 Å². The van der Waals surface area contributed by atoms with Crippen LogP contribution in [0.4, 0.5) is 5.69 Å². The minimum absolute atomic E-state index is 0.0595. The molecular formula is C20H24N2O3. The van der Waals surface area contributed by atoms with Crippen LogP contribution in [0.15, 0.2) is 48.5 Å². The van der Waals surface area contributed by atoms with Gasteiger partial charge in [0.15, 0.2) is 0 Å². The number of nitrogens with one attached hydrogen (secondary N) is 1. The number of hydrogen-bond acceptors (Lipinski definition) is 3. The fourth-order valence-corrected chi connectivity index (χ4v) is 2.59. The molecule has 1 N–H and O–H groups in total. The van der Waals surface area contributed by atoms with Gasteiger partial charge in [-0.25, -0.2) is 0 Å². The third-order valence-electron chi connectivity index (χ3n) is 4.01. The molecule has 0 atom stereocenters. The molecule has 0 unspecified atom stereocenters. The number of hydrogen-bond donors (Lipinski definition) is 1. The van der Waals surface area contributed by atoms with E-state index in [1.807, 2.05) is 30.3 Å². The topological polar surface area (TPSA) is 58.6 Å². The molecule has 0 saturated carbocycles. The Morgan fingerprint density at radius 2 is 1.76 bits per heavy atom. The first-order valence-electron chi connectivity index (χ1n) is 8.35. The highest BCUT2D eigenvalue weighted by Gasteiger charge is 2.14. The van der Waals surface area contributed by atoms with E-state index >= 15 is 0 Å². The fraction of sp³-hybridized carbons (Fsp3) is 0.300. The van der Waals surface area contributed by atoms with E-state index in [4.69, 9.17) is 4.74 Å². The molecule has 2 rings (SSSR count). The molecule has 0 aliphatic rings. The van der Waals surface area contributed by atoms with Crippen LogP contribution in [0.2, 0.25) is 0 Å². The van der Waals surface area contributed by atoms with Gasteiger partial charge in [-0.15, -0.1) is 0 Å². The molecule has 0 aliphatic carbocycles. The van der Waals surface area contributed by atoms with Crippen LogP contribution in [0.5, 0.6) is 5.75 Å². The van der Waals surface area contributed by atoms with Crippen molar-refractivity contribution in [2.45, 2.75) is 20.3 Å². The summed E-state index contributed by atoms with van der Waals surface area (Å²) in [5, 5.41) is 2.84. The van der Waals surface area contributed by atoms with Gasteiger partial charge in [0.05, 0.1) is 12.7 Å². The zero-order chi connectivity index (χ0) is 18.2. The van der Waals surface area contributed by atoms with Gasteiger partial charge in [0.2, 0.25) is 5.91 Å². The van der Waals surface area contributed by atoms with E-state index in [2.05, 4.69) is 12.2 Å². The Balaban J connectivity index is 1.99. The first-order valence-corrected chi connectivity index (χ1v) is 8.35. The summed E-state index contributed by atoms with van der Waals surface area (Å²) in [6, 6.07) is 14.9. The molecule has 0 spiro atoms. The Morgan fingerprint density at radius 1 is 1.08 bits per heavy atom. The highest BCUT2D eigenvalue weighted by atomic mass is 16.5. The molecule has 2 amide bonds. The summed E-state index contributed by atoms with van der Waals surface area (Å²) in [6.07, 6.45) is 0.954. The number of carbonyl (C=O) groups excluding carboxylic acids is 2. The predicted molar refractivity (Wildman–Crippen MR) is 99.2 cm³/mol. The largest absolute Gasteiger partial charge is 0.496 e. The summed E-state index contributed by atoms with van der Waals surface area (Å²) in [5.41, 5.74) is 2.53. The van der Waals surface area contributed by atoms with E-state index in [0.29, 0.717) is 24.4 Å². The molecule has 25 heavy (non-hydrogen) atoms. The second kappa shape index (κ2) is 8.87. The number of carbonyl (C=O) groups is 2. The standard InChI is InChI=1S/C20H24N2O3/c1-4-16-9-11-17(12-10-16)22(15(2)23)14-13-21-20(24)18-7-5-6-8-19(18)25-3/h5-12H,4,13-14H2,1-3H3,(H,21,24). The van der Waals surface area contributed by atoms with Crippen LogP contribution in [0.25, 0.3) is 0 Å². The quantitative estimate of drug-likeness (QED) is 0.843. The molecule has 0 aliphatic heterocycles. The van der Waals surface area contributed by atoms with Crippen LogP contribution in [-0.4, -0.2) is 32.0 Å². The minimum atomic E-state index is -0.220. The third kappa shape index (κ3) is 4.83. The summed E-state index contributed by atoms with van der Waals surface area (Å²) in [5.74, 6) is 0.247. The fourth-order valence-electron chi connectivity index (χ4n) is 2.59. The average Bonchev–Trinajstić information content (AvgIpc) is 2.65. The molecule has 0 radical (unpaired) electrons. The summed E-state index contributed by atoms with van der Waals surface area (Å²) < 4.78 is 5.20. The van der Waals surface area contributed by atoms with Crippen molar-refractivity contribution in [2.24, 2.45) is 0 Å². The van der Waals surface area contributed by atoms with Crippen LogP contribution in [-0.2, 0) is 11.2 Å². The summed E-state index contributed by atoms with van der Waals surface area (Å²) in [7, 11) is 1.53. The van der Waals surface area contributed by atoms with Crippen LogP contribution >= 0.6 is 0 Å². The molecular weight excluding hydrogens is 316 g/mol. The molecule has 0 aromatic heterocycles. The average molecular weight is 340 g/mol. The Labute approximate surface area is 148 Å². The van der Waals surface area contributed by atoms with Crippen molar-refractivity contribution >= 4 is 17.5 Å². The Morgan fingerprint density at radius 3 is 2.36 bits per heavy atom. The molecule has 0 saturated heterocycles. The van der Waals surface area contributed by atoms with E-state index in [9.17, 15) is 9.59 Å². The van der Waals surface area contributed by atoms with Crippen molar-refractivity contribution in [1.82, 2.24) is 5.32 Å². The van der Waals surface area contributed by atoms with Crippen LogP contribution in [0, 0.1) is 0 Å². The maximum absolute atomic E-state index is 12.3. The Bertz CT molecular complexity index is 726. The lowest BCUT2D eigenvalue weighted by Crippen LogP contribution is -2.37. The number of rotatable bonds is 7. The van der Waals surface area contributed by atoms with E-state index in [0.717, 1.165) is 12.1 Å². The Hall–Kier alpha value is -2.82. The zero-order valence-corrected chi connectivity index (χ0v) is 14.9. The van der Waals surface area contributed by atoms with Gasteiger partial charge >= 0.3 is 0 Å². The van der Waals surface area contributed by atoms with Gasteiger partial charge in [-0.2, -0.15) is 0 Å². The van der Waals surface area contributed by atoms with Crippen molar-refractivity contribution in [1.29, 1.82) is 0 Å². The van der Waals surface area contributed by atoms with Gasteiger partial charge in [-0.05, 0) is 36.2 Å². The second-order valence-corrected chi connectivity index (χ2v) is 5.65. The van der Waals surface area contributed by atoms with Gasteiger partial charge in [0, 0.05) is 25.7 Å². The Kier molecular flexibility index (Phi) is 6.57. The van der Waals surface area contributed by atoms with Gasteiger partial charge in [0.1, 0.15) is 5.75 Å². The lowest BCUT2D eigenvalue weighted by atomic mass is 10.1. The number of amides is 2. The van der Waals surface area contributed by atoms with E-state index < -0.39 is 0 Å². The predicted octanol–water partition coefficient (Wildman–Crippen LogP) is 3.04. The number of ether oxygens (including phenoxy) is 1. The van der Waals surface area contributed by atoms with Crippen molar-refractivity contribution in [3.63, 3.8) is 0 Å². The maximum atomic E-state index is 12.3. The zero-order valence-electron chi connectivity index (χ0n) is 14.9. The van der Waals surface area contributed by atoms with E-state index in [1.165, 1.54) is 19.6 Å². The number of anilines is 1. The van der Waals surface area contributed by atoms with Crippen LogP contribution in [0.1, 0.15) is 29.8 Å². The summed E-state index contributed by atoms with van der Waals surface area (Å²) in [6.45, 7) is 4.37. The van der Waals surface area contributed by atoms with Gasteiger partial charge in [-0.3, -0.25) is 9.59 Å². The van der Waals surface area contributed by atoms with Crippen LogP contribution < -0.4 is 15.0 Å². The van der Waals surface area contributed by atoms with E-state index in [1.54, 1.807) is 23.1 Å². The van der Waals surface area contributed by atoms with Crippen molar-refractivity contribution in [2.75, 3.05) is 25.1 Å². The highest BCUT2D eigenvalue weighted by Crippen LogP contribution is 2.17. The van der Waals surface area contributed by atoms with Crippen molar-refractivity contribution in [3.8, 4) is 5.75 Å². The van der Waals surface area contributed by atoms with Crippen LogP contribution in [0.3, 0.4) is 0 Å². The molecule has 2 aromatic carbocycles. The lowest BCUT2D eigenvalue weighted by molar-refractivity contribution is -0.116. The SMILES string of the molecule is CCc1ccc(N(CCNC(=O)c2ccccc2OC)C(C)=O)cc1. The van der Waals surface area contributed by atoms with Gasteiger partial charge < -0.3 is 15.0 Å². The third-order valence-corrected chi connectivity index (χ3v) is 4.01. The number of aryl methyl sites for hydroxylation is 1. The molecule has 0 fully saturated rings. The molecule has 2 aromatic rings. The molecule has 5 nitrogen and oxygen atoms in total. The second-order valence-electron chi connectivity index (χ2n) is 5.65. The minimum Gasteiger partial charge on any atom is -0.496 e. The number of para-hydroxylation sites is 1. The van der Waals surface area contributed by atoms with Crippen molar-refractivity contribution < 1.29 is 14.3 Å². The highest BCUT2D eigenvalue weighted by molar-refractivity contribution is 5.97. The molecule has 132 valence electrons. The normalized spacial score (nSPS) is 10.2. The van der Waals surface area contributed by atoms with Crippen molar-refractivity contribution in [3.05, 3.63) is 59.7 Å². The number of benzene rings is 2.